The summed E-state index contributed by atoms with van der Waals surface area (Å²) >= 11 is 1.72. The molecule has 1 aromatic carbocycles. The van der Waals surface area contributed by atoms with E-state index in [2.05, 4.69) is 41.2 Å². The van der Waals surface area contributed by atoms with Crippen LogP contribution in [-0.2, 0) is 19.5 Å². The van der Waals surface area contributed by atoms with E-state index in [0.717, 1.165) is 54.2 Å². The lowest BCUT2D eigenvalue weighted by Gasteiger charge is -2.32. The number of fused-ring (bicyclic) bond motifs is 1. The zero-order valence-corrected chi connectivity index (χ0v) is 20.3. The number of rotatable bonds is 5. The molecule has 0 aliphatic carbocycles. The molecule has 28 heavy (non-hydrogen) atoms. The minimum absolute atomic E-state index is 0. The van der Waals surface area contributed by atoms with Crippen molar-refractivity contribution in [3.8, 4) is 11.5 Å². The molecule has 0 saturated heterocycles. The van der Waals surface area contributed by atoms with Gasteiger partial charge in [-0.15, -0.1) is 35.3 Å². The Morgan fingerprint density at radius 1 is 1.21 bits per heavy atom. The third kappa shape index (κ3) is 5.08. The van der Waals surface area contributed by atoms with Gasteiger partial charge in [-0.2, -0.15) is 0 Å². The Kier molecular flexibility index (Phi) is 8.36. The molecule has 0 amide bonds. The first kappa shape index (κ1) is 22.7. The second kappa shape index (κ2) is 10.3. The van der Waals surface area contributed by atoms with E-state index in [-0.39, 0.29) is 24.0 Å². The number of methoxy groups -OCH3 is 2. The monoisotopic (exact) mass is 516 g/mol. The molecule has 0 saturated carbocycles. The molecule has 0 fully saturated rings. The molecule has 3 rings (SSSR count). The van der Waals surface area contributed by atoms with Crippen LogP contribution in [-0.4, -0.2) is 43.2 Å². The SMILES string of the molecule is CCNC(=NCc1nc(C)c(C)s1)N1CCc2cc(OC)c(OC)cc2C1.I. The molecular formula is C20H29IN4O2S. The summed E-state index contributed by atoms with van der Waals surface area (Å²) in [4.78, 5) is 13.0. The summed E-state index contributed by atoms with van der Waals surface area (Å²) in [5.74, 6) is 2.50. The lowest BCUT2D eigenvalue weighted by molar-refractivity contribution is 0.346. The van der Waals surface area contributed by atoms with Gasteiger partial charge in [-0.25, -0.2) is 9.98 Å². The Labute approximate surface area is 188 Å². The second-order valence-corrected chi connectivity index (χ2v) is 7.85. The number of thiazole rings is 1. The number of ether oxygens (including phenoxy) is 2. The van der Waals surface area contributed by atoms with Gasteiger partial charge in [-0.1, -0.05) is 0 Å². The summed E-state index contributed by atoms with van der Waals surface area (Å²) in [7, 11) is 3.35. The molecule has 0 atom stereocenters. The van der Waals surface area contributed by atoms with Gasteiger partial charge in [0.2, 0.25) is 0 Å². The zero-order valence-electron chi connectivity index (χ0n) is 17.2. The molecule has 6 nitrogen and oxygen atoms in total. The molecular weight excluding hydrogens is 487 g/mol. The predicted octanol–water partition coefficient (Wildman–Crippen LogP) is 3.92. The van der Waals surface area contributed by atoms with Crippen molar-refractivity contribution in [1.82, 2.24) is 15.2 Å². The van der Waals surface area contributed by atoms with E-state index in [1.807, 2.05) is 6.92 Å². The van der Waals surface area contributed by atoms with E-state index in [0.29, 0.717) is 6.54 Å². The maximum absolute atomic E-state index is 5.47. The van der Waals surface area contributed by atoms with Gasteiger partial charge in [0.25, 0.3) is 0 Å². The van der Waals surface area contributed by atoms with Crippen molar-refractivity contribution in [2.24, 2.45) is 4.99 Å². The first-order chi connectivity index (χ1) is 13.0. The summed E-state index contributed by atoms with van der Waals surface area (Å²) in [6.45, 7) is 9.42. The van der Waals surface area contributed by atoms with Crippen molar-refractivity contribution >= 4 is 41.3 Å². The number of hydrogen-bond acceptors (Lipinski definition) is 5. The van der Waals surface area contributed by atoms with Crippen molar-refractivity contribution in [2.75, 3.05) is 27.3 Å². The standard InChI is InChI=1S/C20H28N4O2S.HI/c1-6-21-20(22-11-19-23-13(2)14(3)27-19)24-8-7-15-9-17(25-4)18(26-5)10-16(15)12-24;/h9-10H,6-8,11-12H2,1-5H3,(H,21,22);1H. The van der Waals surface area contributed by atoms with Crippen LogP contribution in [0.15, 0.2) is 17.1 Å². The van der Waals surface area contributed by atoms with Crippen molar-refractivity contribution in [2.45, 2.75) is 40.3 Å². The predicted molar refractivity (Wildman–Crippen MR) is 125 cm³/mol. The largest absolute Gasteiger partial charge is 0.493 e. The zero-order chi connectivity index (χ0) is 19.4. The second-order valence-electron chi connectivity index (χ2n) is 6.57. The highest BCUT2D eigenvalue weighted by atomic mass is 127. The summed E-state index contributed by atoms with van der Waals surface area (Å²) in [6.07, 6.45) is 0.954. The Morgan fingerprint density at radius 3 is 2.46 bits per heavy atom. The third-order valence-corrected chi connectivity index (χ3v) is 5.85. The highest BCUT2D eigenvalue weighted by Crippen LogP contribution is 2.33. The highest BCUT2D eigenvalue weighted by Gasteiger charge is 2.21. The summed E-state index contributed by atoms with van der Waals surface area (Å²) < 4.78 is 10.9. The van der Waals surface area contributed by atoms with Gasteiger partial charge in [0.05, 0.1) is 26.5 Å². The minimum atomic E-state index is 0. The third-order valence-electron chi connectivity index (χ3n) is 4.79. The van der Waals surface area contributed by atoms with Crippen LogP contribution in [0.1, 0.15) is 33.6 Å². The molecule has 1 aromatic heterocycles. The Bertz CT molecular complexity index is 818. The number of guanidine groups is 1. The Hall–Kier alpha value is -1.55. The molecule has 154 valence electrons. The van der Waals surface area contributed by atoms with E-state index in [1.54, 1.807) is 25.6 Å². The number of nitrogens with one attached hydrogen (secondary N) is 1. The summed E-state index contributed by atoms with van der Waals surface area (Å²) in [5.41, 5.74) is 3.67. The molecule has 1 aliphatic heterocycles. The fourth-order valence-corrected chi connectivity index (χ4v) is 4.10. The summed E-state index contributed by atoms with van der Waals surface area (Å²) in [6, 6.07) is 4.17. The normalized spacial score (nSPS) is 13.6. The number of benzene rings is 1. The minimum Gasteiger partial charge on any atom is -0.493 e. The fourth-order valence-electron chi connectivity index (χ4n) is 3.24. The maximum atomic E-state index is 5.47. The van der Waals surface area contributed by atoms with E-state index < -0.39 is 0 Å². The molecule has 0 unspecified atom stereocenters. The van der Waals surface area contributed by atoms with Crippen LogP contribution in [0.3, 0.4) is 0 Å². The topological polar surface area (TPSA) is 59.0 Å². The maximum Gasteiger partial charge on any atom is 0.194 e. The van der Waals surface area contributed by atoms with Crippen molar-refractivity contribution in [3.63, 3.8) is 0 Å². The Balaban J connectivity index is 0.00000280. The molecule has 8 heteroatoms. The smallest absolute Gasteiger partial charge is 0.194 e. The number of aliphatic imine (C=N–C) groups is 1. The van der Waals surface area contributed by atoms with Crippen molar-refractivity contribution in [1.29, 1.82) is 0 Å². The number of aromatic nitrogens is 1. The van der Waals surface area contributed by atoms with Gasteiger partial charge in [0.15, 0.2) is 17.5 Å². The van der Waals surface area contributed by atoms with Crippen LogP contribution in [0.25, 0.3) is 0 Å². The van der Waals surface area contributed by atoms with Gasteiger partial charge in [-0.3, -0.25) is 0 Å². The van der Waals surface area contributed by atoms with Crippen LogP contribution >= 0.6 is 35.3 Å². The lowest BCUT2D eigenvalue weighted by Crippen LogP contribution is -2.44. The number of aryl methyl sites for hydroxylation is 2. The average Bonchev–Trinajstić information content (AvgIpc) is 3.01. The van der Waals surface area contributed by atoms with Crippen LogP contribution in [0, 0.1) is 13.8 Å². The lowest BCUT2D eigenvalue weighted by atomic mass is 9.99. The molecule has 1 aliphatic rings. The van der Waals surface area contributed by atoms with Gasteiger partial charge in [0, 0.05) is 24.5 Å². The molecule has 0 bridgehead atoms. The van der Waals surface area contributed by atoms with E-state index in [4.69, 9.17) is 14.5 Å². The fraction of sp³-hybridized carbons (Fsp3) is 0.500. The van der Waals surface area contributed by atoms with E-state index >= 15 is 0 Å². The van der Waals surface area contributed by atoms with Crippen LogP contribution < -0.4 is 14.8 Å². The van der Waals surface area contributed by atoms with Crippen LogP contribution in [0.2, 0.25) is 0 Å². The molecule has 1 N–H and O–H groups in total. The van der Waals surface area contributed by atoms with Gasteiger partial charge in [-0.05, 0) is 50.5 Å². The number of halogens is 1. The quantitative estimate of drug-likeness (QED) is 0.371. The van der Waals surface area contributed by atoms with Gasteiger partial charge in [0.1, 0.15) is 5.01 Å². The molecule has 2 heterocycles. The van der Waals surface area contributed by atoms with Crippen molar-refractivity contribution < 1.29 is 9.47 Å². The van der Waals surface area contributed by atoms with Crippen LogP contribution in [0.5, 0.6) is 11.5 Å². The number of hydrogen-bond donors (Lipinski definition) is 1. The number of nitrogens with zero attached hydrogens (tertiary/aromatic N) is 3. The first-order valence-corrected chi connectivity index (χ1v) is 10.1. The Morgan fingerprint density at radius 2 is 1.89 bits per heavy atom. The molecule has 0 radical (unpaired) electrons. The van der Waals surface area contributed by atoms with Crippen molar-refractivity contribution in [3.05, 3.63) is 38.8 Å². The van der Waals surface area contributed by atoms with E-state index in [1.165, 1.54) is 16.0 Å². The molecule has 2 aromatic rings. The highest BCUT2D eigenvalue weighted by molar-refractivity contribution is 14.0. The van der Waals surface area contributed by atoms with Gasteiger partial charge >= 0.3 is 0 Å². The first-order valence-electron chi connectivity index (χ1n) is 9.25. The van der Waals surface area contributed by atoms with Gasteiger partial charge < -0.3 is 19.7 Å². The summed E-state index contributed by atoms with van der Waals surface area (Å²) in [5, 5.41) is 4.48. The van der Waals surface area contributed by atoms with E-state index in [9.17, 15) is 0 Å². The average molecular weight is 516 g/mol. The molecule has 0 spiro atoms. The van der Waals surface area contributed by atoms with Crippen LogP contribution in [0.4, 0.5) is 0 Å².